The van der Waals surface area contributed by atoms with Gasteiger partial charge in [-0.3, -0.25) is 19.4 Å². The number of carboxylic acids is 1. The van der Waals surface area contributed by atoms with Crippen molar-refractivity contribution < 1.29 is 29.0 Å². The molecule has 3 aliphatic carbocycles. The highest BCUT2D eigenvalue weighted by Gasteiger charge is 2.60. The maximum Gasteiger partial charge on any atom is 0.307 e. The van der Waals surface area contributed by atoms with Crippen LogP contribution in [0.5, 0.6) is 0 Å². The summed E-state index contributed by atoms with van der Waals surface area (Å²) in [5.41, 5.74) is 2.48. The number of nitrogens with zero attached hydrogens (tertiary/aromatic N) is 1. The number of carbonyl (C=O) groups is 3. The van der Waals surface area contributed by atoms with E-state index in [4.69, 9.17) is 9.47 Å². The largest absolute Gasteiger partial charge is 0.489 e. The Morgan fingerprint density at radius 2 is 2.12 bits per heavy atom. The summed E-state index contributed by atoms with van der Waals surface area (Å²) < 4.78 is 12.2. The van der Waals surface area contributed by atoms with Gasteiger partial charge in [-0.2, -0.15) is 0 Å². The lowest BCUT2D eigenvalue weighted by Crippen LogP contribution is -2.44. The lowest BCUT2D eigenvalue weighted by molar-refractivity contribution is -0.147. The molecule has 0 saturated heterocycles. The zero-order valence-corrected chi connectivity index (χ0v) is 18.2. The van der Waals surface area contributed by atoms with Crippen molar-refractivity contribution in [3.63, 3.8) is 0 Å². The van der Waals surface area contributed by atoms with Gasteiger partial charge in [-0.15, -0.1) is 0 Å². The molecule has 0 spiro atoms. The molecule has 1 aromatic heterocycles. The van der Waals surface area contributed by atoms with Crippen LogP contribution in [0.1, 0.15) is 57.4 Å². The molecule has 2 saturated carbocycles. The monoisotopic (exact) mass is 437 g/mol. The summed E-state index contributed by atoms with van der Waals surface area (Å²) in [7, 11) is 0. The van der Waals surface area contributed by atoms with E-state index in [1.807, 2.05) is 24.4 Å². The number of fused-ring (bicyclic) bond motifs is 3. The first-order valence-electron chi connectivity index (χ1n) is 11.2. The molecule has 4 aliphatic rings. The van der Waals surface area contributed by atoms with Gasteiger partial charge in [-0.25, -0.2) is 0 Å². The number of carboxylic acid groups (broad SMARTS) is 1. The minimum absolute atomic E-state index is 0.00891. The quantitative estimate of drug-likeness (QED) is 0.721. The fourth-order valence-electron chi connectivity index (χ4n) is 6.41. The van der Waals surface area contributed by atoms with Gasteiger partial charge in [0.1, 0.15) is 18.0 Å². The van der Waals surface area contributed by atoms with Gasteiger partial charge in [0.15, 0.2) is 5.78 Å². The Labute approximate surface area is 186 Å². The summed E-state index contributed by atoms with van der Waals surface area (Å²) in [4.78, 5) is 40.4. The number of hydrogen-bond donors (Lipinski definition) is 1. The summed E-state index contributed by atoms with van der Waals surface area (Å²) in [5.74, 6) is -1.61. The van der Waals surface area contributed by atoms with Crippen molar-refractivity contribution in [3.05, 3.63) is 53.1 Å². The molecule has 0 amide bonds. The first-order chi connectivity index (χ1) is 15.3. The van der Waals surface area contributed by atoms with Gasteiger partial charge in [-0.05, 0) is 48.0 Å². The molecule has 6 atom stereocenters. The molecule has 1 aliphatic heterocycles. The Morgan fingerprint density at radius 3 is 2.81 bits per heavy atom. The van der Waals surface area contributed by atoms with E-state index in [9.17, 15) is 19.5 Å². The molecule has 32 heavy (non-hydrogen) atoms. The van der Waals surface area contributed by atoms with Crippen LogP contribution in [0.25, 0.3) is 0 Å². The first kappa shape index (κ1) is 20.9. The minimum Gasteiger partial charge on any atom is -0.489 e. The average molecular weight is 437 g/mol. The zero-order chi connectivity index (χ0) is 22.6. The lowest BCUT2D eigenvalue weighted by atomic mass is 9.61. The number of hydrogen-bond acceptors (Lipinski definition) is 6. The minimum atomic E-state index is -0.968. The first-order valence-corrected chi connectivity index (χ1v) is 11.2. The SMILES string of the molecule is CC(=O)OC1C[C@H]2[C@@H]3OC4=C(C=C3CC[C@]2(C)[C@H]1c1cccnc1)C(=O)CC(C(=O)O)C4. The highest BCUT2D eigenvalue weighted by atomic mass is 16.5. The van der Waals surface area contributed by atoms with E-state index < -0.39 is 11.9 Å². The van der Waals surface area contributed by atoms with E-state index in [-0.39, 0.29) is 54.1 Å². The smallest absolute Gasteiger partial charge is 0.307 e. The van der Waals surface area contributed by atoms with E-state index in [0.29, 0.717) is 17.8 Å². The van der Waals surface area contributed by atoms with Crippen molar-refractivity contribution in [2.75, 3.05) is 0 Å². The molecule has 7 heteroatoms. The van der Waals surface area contributed by atoms with Crippen LogP contribution in [0.2, 0.25) is 0 Å². The highest BCUT2D eigenvalue weighted by molar-refractivity contribution is 6.01. The number of Topliss-reactive ketones (excluding diaryl/α,β-unsaturated/α-hetero) is 1. The van der Waals surface area contributed by atoms with Crippen molar-refractivity contribution in [2.45, 2.75) is 64.1 Å². The molecular formula is C25H27NO6. The molecule has 2 fully saturated rings. The Hall–Kier alpha value is -2.96. The van der Waals surface area contributed by atoms with Crippen LogP contribution >= 0.6 is 0 Å². The number of allylic oxidation sites excluding steroid dienone is 3. The number of aliphatic carboxylic acids is 1. The van der Waals surface area contributed by atoms with Crippen molar-refractivity contribution in [2.24, 2.45) is 17.3 Å². The molecule has 0 bridgehead atoms. The number of ketones is 1. The second-order valence-corrected chi connectivity index (χ2v) is 9.72. The topological polar surface area (TPSA) is 103 Å². The van der Waals surface area contributed by atoms with Crippen LogP contribution in [0, 0.1) is 17.3 Å². The number of aromatic nitrogens is 1. The van der Waals surface area contributed by atoms with E-state index in [0.717, 1.165) is 24.0 Å². The lowest BCUT2D eigenvalue weighted by Gasteiger charge is -2.47. The summed E-state index contributed by atoms with van der Waals surface area (Å²) >= 11 is 0. The predicted octanol–water partition coefficient (Wildman–Crippen LogP) is 3.56. The molecule has 1 aromatic rings. The highest BCUT2D eigenvalue weighted by Crippen LogP contribution is 2.62. The summed E-state index contributed by atoms with van der Waals surface area (Å²) in [6.45, 7) is 3.67. The molecular weight excluding hydrogens is 410 g/mol. The fourth-order valence-corrected chi connectivity index (χ4v) is 6.41. The Kier molecular flexibility index (Phi) is 4.95. The van der Waals surface area contributed by atoms with Gasteiger partial charge < -0.3 is 14.6 Å². The average Bonchev–Trinajstić information content (AvgIpc) is 3.04. The van der Waals surface area contributed by atoms with E-state index >= 15 is 0 Å². The molecule has 2 heterocycles. The van der Waals surface area contributed by atoms with Crippen molar-refractivity contribution in [1.82, 2.24) is 4.98 Å². The zero-order valence-electron chi connectivity index (χ0n) is 18.2. The Bertz CT molecular complexity index is 1040. The molecule has 168 valence electrons. The van der Waals surface area contributed by atoms with Crippen molar-refractivity contribution in [1.29, 1.82) is 0 Å². The van der Waals surface area contributed by atoms with Crippen molar-refractivity contribution in [3.8, 4) is 0 Å². The predicted molar refractivity (Wildman–Crippen MR) is 113 cm³/mol. The molecule has 5 rings (SSSR count). The van der Waals surface area contributed by atoms with Gasteiger partial charge in [0.25, 0.3) is 0 Å². The van der Waals surface area contributed by atoms with Crippen LogP contribution in [-0.2, 0) is 23.9 Å². The normalized spacial score (nSPS) is 35.8. The summed E-state index contributed by atoms with van der Waals surface area (Å²) in [5, 5.41) is 9.45. The fraction of sp³-hybridized carbons (Fsp3) is 0.520. The third-order valence-electron chi connectivity index (χ3n) is 7.87. The third-order valence-corrected chi connectivity index (χ3v) is 7.87. The number of ether oxygens (including phenoxy) is 2. The third kappa shape index (κ3) is 3.26. The van der Waals surface area contributed by atoms with E-state index in [2.05, 4.69) is 11.9 Å². The Morgan fingerprint density at radius 1 is 1.31 bits per heavy atom. The van der Waals surface area contributed by atoms with Crippen LogP contribution in [0.4, 0.5) is 0 Å². The number of rotatable bonds is 3. The van der Waals surface area contributed by atoms with Gasteiger partial charge in [0.2, 0.25) is 0 Å². The van der Waals surface area contributed by atoms with Crippen LogP contribution < -0.4 is 0 Å². The molecule has 0 aromatic carbocycles. The molecule has 1 N–H and O–H groups in total. The van der Waals surface area contributed by atoms with Crippen LogP contribution in [0.3, 0.4) is 0 Å². The van der Waals surface area contributed by atoms with Gasteiger partial charge in [-0.1, -0.05) is 13.0 Å². The second-order valence-electron chi connectivity index (χ2n) is 9.72. The standard InChI is InChI=1S/C25H27NO6/c1-13(27)31-21-11-18-23-14(5-6-25(18,2)22(21)15-4-3-7-26-12-15)8-17-19(28)9-16(24(29)30)10-20(17)32-23/h3-4,7-8,12,16,18,21-23H,5-6,9-11H2,1-2H3,(H,29,30)/t16?,18-,21?,22-,23+,25-/m0/s1. The second kappa shape index (κ2) is 7.57. The maximum atomic E-state index is 12.6. The number of carbonyl (C=O) groups excluding carboxylic acids is 2. The van der Waals surface area contributed by atoms with Crippen LogP contribution in [-0.4, -0.2) is 40.0 Å². The van der Waals surface area contributed by atoms with Crippen molar-refractivity contribution >= 4 is 17.7 Å². The Balaban J connectivity index is 1.50. The van der Waals surface area contributed by atoms with Gasteiger partial charge >= 0.3 is 11.9 Å². The number of pyridine rings is 1. The van der Waals surface area contributed by atoms with Crippen LogP contribution in [0.15, 0.2) is 47.5 Å². The summed E-state index contributed by atoms with van der Waals surface area (Å²) in [6, 6.07) is 3.94. The summed E-state index contributed by atoms with van der Waals surface area (Å²) in [6.07, 6.45) is 7.57. The van der Waals surface area contributed by atoms with E-state index in [1.54, 1.807) is 6.20 Å². The maximum absolute atomic E-state index is 12.6. The van der Waals surface area contributed by atoms with Gasteiger partial charge in [0.05, 0.1) is 11.5 Å². The molecule has 2 unspecified atom stereocenters. The number of esters is 1. The molecule has 0 radical (unpaired) electrons. The molecule has 7 nitrogen and oxygen atoms in total. The van der Waals surface area contributed by atoms with E-state index in [1.165, 1.54) is 6.92 Å². The van der Waals surface area contributed by atoms with Gasteiger partial charge in [0, 0.05) is 44.0 Å².